The van der Waals surface area contributed by atoms with Crippen LogP contribution in [0.25, 0.3) is 0 Å². The summed E-state index contributed by atoms with van der Waals surface area (Å²) in [5.74, 6) is -0.867. The summed E-state index contributed by atoms with van der Waals surface area (Å²) in [5.41, 5.74) is 17.7. The monoisotopic (exact) mass is 972 g/mol. The number of thiol groups is 1. The maximum absolute atomic E-state index is 12.1. The minimum absolute atomic E-state index is 0. The number of ether oxygens (including phenoxy) is 1. The first-order chi connectivity index (χ1) is 25.8. The fourth-order valence-electron chi connectivity index (χ4n) is 4.23. The zero-order valence-corrected chi connectivity index (χ0v) is 46.8. The number of hydrogen-bond donors (Lipinski definition) is 9. The number of nitrogens with one attached hydrogen (secondary N) is 2. The Morgan fingerprint density at radius 2 is 1.05 bits per heavy atom. The number of nitrogens with two attached hydrogens (primary N) is 4. The molecule has 1 heterocycles. The molecule has 0 saturated carbocycles. The van der Waals surface area contributed by atoms with Crippen molar-refractivity contribution in [3.8, 4) is 0 Å². The molecule has 0 aromatic heterocycles. The Morgan fingerprint density at radius 3 is 1.20 bits per heavy atom. The van der Waals surface area contributed by atoms with Gasteiger partial charge in [-0.25, -0.2) is 0 Å². The van der Waals surface area contributed by atoms with Crippen LogP contribution in [0.2, 0.25) is 0 Å². The first-order valence-electron chi connectivity index (χ1n) is 18.9. The zero-order valence-electron chi connectivity index (χ0n) is 40.4. The number of carbonyl (C=O) groups is 6. The van der Waals surface area contributed by atoms with Gasteiger partial charge in [0.1, 0.15) is 0 Å². The molecule has 5 atom stereocenters. The molecule has 13 N–H and O–H groups in total. The van der Waals surface area contributed by atoms with Gasteiger partial charge in [0.25, 0.3) is 0 Å². The summed E-state index contributed by atoms with van der Waals surface area (Å²) in [6.45, 7) is 26.0. The molecular formula is C39H80Cl2N6Na2O10S2. The van der Waals surface area contributed by atoms with Crippen LogP contribution in [-0.2, 0) is 33.5 Å². The van der Waals surface area contributed by atoms with Gasteiger partial charge in [-0.3, -0.25) is 28.8 Å². The number of alkyl halides is 2. The van der Waals surface area contributed by atoms with Crippen LogP contribution in [0.15, 0.2) is 12.2 Å². The molecule has 5 unspecified atom stereocenters. The number of halogens is 2. The molecule has 0 aromatic rings. The molecule has 0 aromatic carbocycles. The van der Waals surface area contributed by atoms with Gasteiger partial charge >= 0.3 is 59.1 Å². The van der Waals surface area contributed by atoms with E-state index < -0.39 is 51.6 Å². The molecule has 1 rings (SSSR count). The summed E-state index contributed by atoms with van der Waals surface area (Å²) >= 11 is 14.7. The van der Waals surface area contributed by atoms with E-state index in [9.17, 15) is 39.0 Å². The molecular weight excluding hydrogens is 893 g/mol. The summed E-state index contributed by atoms with van der Waals surface area (Å²) in [7, 11) is 0. The molecule has 1 aliphatic heterocycles. The van der Waals surface area contributed by atoms with Gasteiger partial charge in [-0.15, -0.1) is 23.2 Å². The van der Waals surface area contributed by atoms with Gasteiger partial charge in [0.05, 0.1) is 36.7 Å². The third-order valence-corrected chi connectivity index (χ3v) is 10.7. The molecule has 354 valence electrons. The van der Waals surface area contributed by atoms with Crippen LogP contribution in [-0.4, -0.2) is 107 Å². The Balaban J connectivity index is -0.0000000866. The maximum Gasteiger partial charge on any atom is 1.00 e. The molecule has 61 heavy (non-hydrogen) atoms. The van der Waals surface area contributed by atoms with E-state index in [1.807, 2.05) is 34.6 Å². The van der Waals surface area contributed by atoms with Crippen molar-refractivity contribution in [2.45, 2.75) is 134 Å². The Kier molecular flexibility index (Phi) is 48.3. The Bertz CT molecular complexity index is 1240. The molecule has 1 saturated heterocycles. The summed E-state index contributed by atoms with van der Waals surface area (Å²) in [5, 5.41) is 24.0. The minimum atomic E-state index is -0.768. The molecule has 22 heteroatoms. The molecule has 0 aliphatic carbocycles. The SMILES string of the molecule is C=C(C)C(N)=O.CCC(C)(C)C(N)=O.CCC(C)(CC(C)(C)C(=O)NCC(O)CCl)C(N)=O.CCC(C)(CC(C)(C)C(=O)NCC(O)CS)C(N)=O.ClCC1CO1.S.[H-].[Na+].[Na+].[OH-]. The quantitative estimate of drug-likeness (QED) is 0.0201. The first-order valence-corrected chi connectivity index (χ1v) is 20.6. The van der Waals surface area contributed by atoms with Crippen molar-refractivity contribution < 1.29 is 110 Å². The van der Waals surface area contributed by atoms with Crippen LogP contribution < -0.4 is 92.7 Å². The van der Waals surface area contributed by atoms with Gasteiger partial charge in [-0.05, 0) is 39.0 Å². The van der Waals surface area contributed by atoms with Crippen LogP contribution in [0.3, 0.4) is 0 Å². The van der Waals surface area contributed by atoms with Crippen molar-refractivity contribution in [3.05, 3.63) is 12.2 Å². The Labute approximate surface area is 434 Å². The number of aliphatic hydroxyl groups is 2. The van der Waals surface area contributed by atoms with Crippen LogP contribution in [0.5, 0.6) is 0 Å². The number of carbonyl (C=O) groups excluding carboxylic acids is 6. The summed E-state index contributed by atoms with van der Waals surface area (Å²) in [6.07, 6.45) is 1.65. The van der Waals surface area contributed by atoms with Gasteiger partial charge in [-0.1, -0.05) is 82.7 Å². The van der Waals surface area contributed by atoms with Gasteiger partial charge in [0.2, 0.25) is 35.4 Å². The molecule has 1 fully saturated rings. The maximum atomic E-state index is 12.1. The van der Waals surface area contributed by atoms with E-state index in [4.69, 9.17) is 50.9 Å². The van der Waals surface area contributed by atoms with Crippen molar-refractivity contribution in [2.24, 2.45) is 50.0 Å². The number of primary amides is 4. The average molecular weight is 974 g/mol. The second-order valence-corrected chi connectivity index (χ2v) is 17.6. The average Bonchev–Trinajstić information content (AvgIpc) is 3.97. The largest absolute Gasteiger partial charge is 1.00 e. The zero-order chi connectivity index (χ0) is 46.2. The summed E-state index contributed by atoms with van der Waals surface area (Å²) < 4.78 is 4.73. The fraction of sp³-hybridized carbons (Fsp3) is 0.795. The Morgan fingerprint density at radius 1 is 0.738 bits per heavy atom. The van der Waals surface area contributed by atoms with E-state index >= 15 is 0 Å². The van der Waals surface area contributed by atoms with E-state index in [0.29, 0.717) is 43.2 Å². The number of rotatable bonds is 20. The first kappa shape index (κ1) is 77.9. The predicted octanol–water partition coefficient (Wildman–Crippen LogP) is -2.63. The molecule has 0 spiro atoms. The molecule has 6 amide bonds. The second kappa shape index (κ2) is 37.9. The summed E-state index contributed by atoms with van der Waals surface area (Å²) in [6, 6.07) is 0. The standard InChI is InChI=1S/C13H25ClN2O3.C13H26N2O3S.C6H13NO.C4H7NO.C3H5ClO.2Na.H2O.H2S.H/c1-5-13(4,10(15)18)8-12(2,3)11(19)16-7-9(17)6-14;1-5-13(4,10(14)17)8-12(2,3)11(18)15-6-9(16)7-19;1-4-6(2,3)5(7)8;1-3(2)4(5)6;4-1-3-2-5-3;;;;;/h9,17H,5-8H2,1-4H3,(H2,15,18)(H,16,19);9,16,19H,5-8H2,1-4H3,(H2,14,17)(H,15,18);4H2,1-3H3,(H2,7,8);1H2,2H3,(H2,5,6);3H,1-2H2;;;2*1H2;/q;;;;;2*+1;;;-1/p-1. The topological polar surface area (TPSA) is 314 Å². The number of amides is 6. The minimum Gasteiger partial charge on any atom is -1.00 e. The van der Waals surface area contributed by atoms with Crippen molar-refractivity contribution in [1.82, 2.24) is 10.6 Å². The predicted molar refractivity (Wildman–Crippen MR) is 246 cm³/mol. The summed E-state index contributed by atoms with van der Waals surface area (Å²) in [4.78, 5) is 67.5. The Hall–Kier alpha value is -0.320. The van der Waals surface area contributed by atoms with Crippen LogP contribution in [0, 0.1) is 27.1 Å². The van der Waals surface area contributed by atoms with E-state index in [-0.39, 0.29) is 127 Å². The van der Waals surface area contributed by atoms with E-state index in [0.717, 1.165) is 13.0 Å². The van der Waals surface area contributed by atoms with Crippen LogP contribution in [0.1, 0.15) is 117 Å². The number of hydrogen-bond acceptors (Lipinski definition) is 11. The smallest absolute Gasteiger partial charge is 1.00 e. The third-order valence-electron chi connectivity index (χ3n) is 9.58. The van der Waals surface area contributed by atoms with E-state index in [2.05, 4.69) is 29.8 Å². The van der Waals surface area contributed by atoms with Crippen LogP contribution in [0.4, 0.5) is 0 Å². The van der Waals surface area contributed by atoms with Gasteiger partial charge in [0.15, 0.2) is 0 Å². The number of epoxide rings is 1. The molecule has 1 aliphatic rings. The van der Waals surface area contributed by atoms with E-state index in [1.165, 1.54) is 0 Å². The second-order valence-electron chi connectivity index (χ2n) is 16.6. The van der Waals surface area contributed by atoms with Crippen LogP contribution >= 0.6 is 49.3 Å². The van der Waals surface area contributed by atoms with Crippen molar-refractivity contribution >= 4 is 84.8 Å². The van der Waals surface area contributed by atoms with Gasteiger partial charge < -0.3 is 55.4 Å². The molecule has 0 radical (unpaired) electrons. The normalized spacial score (nSPS) is 15.3. The van der Waals surface area contributed by atoms with E-state index in [1.54, 1.807) is 48.5 Å². The number of aliphatic hydroxyl groups excluding tert-OH is 2. The molecule has 0 bridgehead atoms. The van der Waals surface area contributed by atoms with Crippen molar-refractivity contribution in [1.29, 1.82) is 0 Å². The van der Waals surface area contributed by atoms with Crippen molar-refractivity contribution in [2.75, 3.05) is 37.2 Å². The fourth-order valence-corrected chi connectivity index (χ4v) is 4.65. The van der Waals surface area contributed by atoms with Gasteiger partial charge in [0, 0.05) is 51.5 Å². The van der Waals surface area contributed by atoms with Crippen molar-refractivity contribution in [3.63, 3.8) is 0 Å². The van der Waals surface area contributed by atoms with Gasteiger partial charge in [-0.2, -0.15) is 26.1 Å². The third kappa shape index (κ3) is 36.6. The molecule has 16 nitrogen and oxygen atoms in total.